The van der Waals surface area contributed by atoms with E-state index in [9.17, 15) is 4.79 Å². The molecular weight excluding hydrogens is 296 g/mol. The fraction of sp³-hybridized carbons (Fsp3) is 0.462. The van der Waals surface area contributed by atoms with Crippen LogP contribution in [0, 0.1) is 0 Å². The summed E-state index contributed by atoms with van der Waals surface area (Å²) in [5.41, 5.74) is 1.31. The van der Waals surface area contributed by atoms with E-state index >= 15 is 0 Å². The first kappa shape index (κ1) is 15.0. The average Bonchev–Trinajstić information content (AvgIpc) is 2.27. The summed E-state index contributed by atoms with van der Waals surface area (Å²) in [7, 11) is 6.12. The molecule has 100 valence electrons. The highest BCUT2D eigenvalue weighted by Crippen LogP contribution is 2.23. The lowest BCUT2D eigenvalue weighted by molar-refractivity contribution is 0.0696. The maximum Gasteiger partial charge on any atom is 0.336 e. The van der Waals surface area contributed by atoms with E-state index < -0.39 is 5.97 Å². The number of carbonyl (C=O) groups is 1. The van der Waals surface area contributed by atoms with Crippen LogP contribution >= 0.6 is 15.9 Å². The minimum atomic E-state index is -0.913. The molecule has 0 unspecified atom stereocenters. The number of carboxylic acids is 1. The molecule has 0 aliphatic heterocycles. The minimum absolute atomic E-state index is 0.292. The van der Waals surface area contributed by atoms with Crippen LogP contribution in [0.1, 0.15) is 16.8 Å². The number of benzene rings is 1. The van der Waals surface area contributed by atoms with Gasteiger partial charge in [0.15, 0.2) is 0 Å². The molecular formula is C13H19BrN2O2. The third-order valence-electron chi connectivity index (χ3n) is 2.72. The number of nitrogens with zero attached hydrogens (tertiary/aromatic N) is 2. The summed E-state index contributed by atoms with van der Waals surface area (Å²) >= 11 is 3.29. The molecule has 0 radical (unpaired) electrons. The zero-order valence-electron chi connectivity index (χ0n) is 11.0. The first-order chi connectivity index (χ1) is 8.41. The summed E-state index contributed by atoms with van der Waals surface area (Å²) in [6, 6.07) is 5.31. The van der Waals surface area contributed by atoms with Gasteiger partial charge in [-0.15, -0.1) is 0 Å². The molecule has 0 fully saturated rings. The van der Waals surface area contributed by atoms with Crippen LogP contribution < -0.4 is 4.90 Å². The molecule has 0 saturated heterocycles. The highest BCUT2D eigenvalue weighted by atomic mass is 79.9. The lowest BCUT2D eigenvalue weighted by Gasteiger charge is -2.21. The van der Waals surface area contributed by atoms with Crippen molar-refractivity contribution in [3.8, 4) is 0 Å². The Hall–Kier alpha value is -1.07. The van der Waals surface area contributed by atoms with Crippen LogP contribution in [0.15, 0.2) is 22.7 Å². The average molecular weight is 315 g/mol. The summed E-state index contributed by atoms with van der Waals surface area (Å²) < 4.78 is 0.618. The summed E-state index contributed by atoms with van der Waals surface area (Å²) in [4.78, 5) is 15.2. The van der Waals surface area contributed by atoms with Crippen molar-refractivity contribution in [1.82, 2.24) is 4.90 Å². The maximum atomic E-state index is 10.9. The van der Waals surface area contributed by atoms with Crippen molar-refractivity contribution in [2.75, 3.05) is 39.1 Å². The monoisotopic (exact) mass is 314 g/mol. The fourth-order valence-electron chi connectivity index (χ4n) is 1.67. The second-order valence-corrected chi connectivity index (χ2v) is 5.40. The zero-order valence-corrected chi connectivity index (χ0v) is 12.6. The molecule has 0 saturated carbocycles. The van der Waals surface area contributed by atoms with Gasteiger partial charge in [0.2, 0.25) is 0 Å². The second kappa shape index (κ2) is 6.75. The fourth-order valence-corrected chi connectivity index (χ4v) is 2.20. The maximum absolute atomic E-state index is 10.9. The molecule has 0 aromatic heterocycles. The molecule has 0 aliphatic carbocycles. The summed E-state index contributed by atoms with van der Waals surface area (Å²) in [5.74, 6) is -0.913. The van der Waals surface area contributed by atoms with Crippen molar-refractivity contribution in [3.63, 3.8) is 0 Å². The Morgan fingerprint density at radius 1 is 1.28 bits per heavy atom. The van der Waals surface area contributed by atoms with Crippen LogP contribution in [-0.2, 0) is 0 Å². The Bertz CT molecular complexity index is 421. The number of hydrogen-bond donors (Lipinski definition) is 1. The van der Waals surface area contributed by atoms with Crippen LogP contribution in [0.5, 0.6) is 0 Å². The molecule has 4 nitrogen and oxygen atoms in total. The topological polar surface area (TPSA) is 43.8 Å². The van der Waals surface area contributed by atoms with Gasteiger partial charge in [-0.05, 0) is 61.2 Å². The van der Waals surface area contributed by atoms with Crippen molar-refractivity contribution in [2.24, 2.45) is 0 Å². The van der Waals surface area contributed by atoms with Gasteiger partial charge < -0.3 is 14.9 Å². The molecule has 0 amide bonds. The van der Waals surface area contributed by atoms with E-state index in [2.05, 4.69) is 39.8 Å². The molecule has 1 aromatic rings. The number of aromatic carboxylic acids is 1. The summed E-state index contributed by atoms with van der Waals surface area (Å²) in [6.07, 6.45) is 1.07. The largest absolute Gasteiger partial charge is 0.478 e. The van der Waals surface area contributed by atoms with Gasteiger partial charge in [0.25, 0.3) is 0 Å². The van der Waals surface area contributed by atoms with E-state index in [0.29, 0.717) is 10.0 Å². The van der Waals surface area contributed by atoms with E-state index in [-0.39, 0.29) is 0 Å². The first-order valence-electron chi connectivity index (χ1n) is 5.80. The van der Waals surface area contributed by atoms with E-state index in [1.807, 2.05) is 19.2 Å². The van der Waals surface area contributed by atoms with Gasteiger partial charge in [0.05, 0.1) is 5.56 Å². The van der Waals surface area contributed by atoms with Crippen molar-refractivity contribution in [1.29, 1.82) is 0 Å². The third kappa shape index (κ3) is 4.31. The van der Waals surface area contributed by atoms with E-state index in [1.54, 1.807) is 6.07 Å². The molecule has 1 N–H and O–H groups in total. The lowest BCUT2D eigenvalue weighted by Crippen LogP contribution is -2.23. The highest BCUT2D eigenvalue weighted by Gasteiger charge is 2.10. The van der Waals surface area contributed by atoms with Crippen molar-refractivity contribution in [2.45, 2.75) is 6.42 Å². The normalized spacial score (nSPS) is 10.7. The van der Waals surface area contributed by atoms with Gasteiger partial charge in [-0.3, -0.25) is 0 Å². The predicted molar refractivity (Wildman–Crippen MR) is 77.5 cm³/mol. The second-order valence-electron chi connectivity index (χ2n) is 4.55. The zero-order chi connectivity index (χ0) is 13.7. The van der Waals surface area contributed by atoms with Crippen LogP contribution in [0.4, 0.5) is 5.69 Å². The molecule has 0 spiro atoms. The Morgan fingerprint density at radius 3 is 2.44 bits per heavy atom. The van der Waals surface area contributed by atoms with Gasteiger partial charge >= 0.3 is 5.97 Å². The van der Waals surface area contributed by atoms with Crippen LogP contribution in [0.3, 0.4) is 0 Å². The van der Waals surface area contributed by atoms with Crippen molar-refractivity contribution in [3.05, 3.63) is 28.2 Å². The van der Waals surface area contributed by atoms with E-state index in [4.69, 9.17) is 5.11 Å². The quantitative estimate of drug-likeness (QED) is 0.876. The number of hydrogen-bond acceptors (Lipinski definition) is 3. The Kier molecular flexibility index (Phi) is 5.62. The highest BCUT2D eigenvalue weighted by molar-refractivity contribution is 9.10. The molecule has 1 aromatic carbocycles. The number of rotatable bonds is 6. The smallest absolute Gasteiger partial charge is 0.336 e. The Balaban J connectivity index is 2.66. The Morgan fingerprint density at radius 2 is 1.94 bits per heavy atom. The van der Waals surface area contributed by atoms with Crippen LogP contribution in [0.25, 0.3) is 0 Å². The SMILES string of the molecule is CN(C)CCCN(C)c1ccc(C(=O)O)c(Br)c1. The number of anilines is 1. The number of carboxylic acid groups (broad SMARTS) is 1. The van der Waals surface area contributed by atoms with Gasteiger partial charge in [-0.25, -0.2) is 4.79 Å². The molecule has 0 heterocycles. The van der Waals surface area contributed by atoms with Crippen molar-refractivity contribution >= 4 is 27.6 Å². The van der Waals surface area contributed by atoms with Crippen LogP contribution in [0.2, 0.25) is 0 Å². The summed E-state index contributed by atoms with van der Waals surface area (Å²) in [5, 5.41) is 8.95. The standard InChI is InChI=1S/C13H19BrN2O2/c1-15(2)7-4-8-16(3)10-5-6-11(13(17)18)12(14)9-10/h5-6,9H,4,7-8H2,1-3H3,(H,17,18). The van der Waals surface area contributed by atoms with Gasteiger partial charge in [0.1, 0.15) is 0 Å². The third-order valence-corrected chi connectivity index (χ3v) is 3.38. The predicted octanol–water partition coefficient (Wildman–Crippen LogP) is 2.54. The first-order valence-corrected chi connectivity index (χ1v) is 6.60. The Labute approximate surface area is 116 Å². The van der Waals surface area contributed by atoms with E-state index in [1.165, 1.54) is 0 Å². The molecule has 0 aliphatic rings. The molecule has 0 bridgehead atoms. The molecule has 0 atom stereocenters. The molecule has 1 rings (SSSR count). The van der Waals surface area contributed by atoms with Gasteiger partial charge in [-0.2, -0.15) is 0 Å². The lowest BCUT2D eigenvalue weighted by atomic mass is 10.2. The van der Waals surface area contributed by atoms with Crippen molar-refractivity contribution < 1.29 is 9.90 Å². The minimum Gasteiger partial charge on any atom is -0.478 e. The van der Waals surface area contributed by atoms with Gasteiger partial charge in [-0.1, -0.05) is 0 Å². The summed E-state index contributed by atoms with van der Waals surface area (Å²) in [6.45, 7) is 1.98. The molecule has 5 heteroatoms. The van der Waals surface area contributed by atoms with Crippen LogP contribution in [-0.4, -0.2) is 50.2 Å². The molecule has 18 heavy (non-hydrogen) atoms. The van der Waals surface area contributed by atoms with E-state index in [0.717, 1.165) is 25.2 Å². The number of halogens is 1. The van der Waals surface area contributed by atoms with Gasteiger partial charge in [0, 0.05) is 23.8 Å².